The van der Waals surface area contributed by atoms with Gasteiger partial charge in [0, 0.05) is 18.0 Å². The fourth-order valence-electron chi connectivity index (χ4n) is 1.38. The molecular formula is C12H13N5O. The highest BCUT2D eigenvalue weighted by atomic mass is 16.5. The monoisotopic (exact) mass is 243 g/mol. The van der Waals surface area contributed by atoms with Gasteiger partial charge in [-0.25, -0.2) is 4.99 Å². The summed E-state index contributed by atoms with van der Waals surface area (Å²) in [5.41, 5.74) is 1.71. The molecule has 0 N–H and O–H groups in total. The van der Waals surface area contributed by atoms with Crippen LogP contribution in [0.1, 0.15) is 18.3 Å². The van der Waals surface area contributed by atoms with Crippen molar-refractivity contribution in [2.24, 2.45) is 4.99 Å². The molecule has 0 amide bonds. The van der Waals surface area contributed by atoms with E-state index in [2.05, 4.69) is 24.9 Å². The van der Waals surface area contributed by atoms with Crippen LogP contribution in [-0.4, -0.2) is 32.8 Å². The Morgan fingerprint density at radius 3 is 2.78 bits per heavy atom. The number of aliphatic imine (C=N–C) groups is 1. The number of methoxy groups -OCH3 is 1. The van der Waals surface area contributed by atoms with Gasteiger partial charge in [-0.3, -0.25) is 4.98 Å². The summed E-state index contributed by atoms with van der Waals surface area (Å²) >= 11 is 0. The summed E-state index contributed by atoms with van der Waals surface area (Å²) in [6, 6.07) is 4.05. The van der Waals surface area contributed by atoms with Crippen LogP contribution in [0.25, 0.3) is 0 Å². The van der Waals surface area contributed by atoms with Crippen LogP contribution in [0.4, 0.5) is 5.95 Å². The Bertz CT molecular complexity index is 568. The first kappa shape index (κ1) is 12.1. The molecule has 0 aliphatic rings. The largest absolute Gasteiger partial charge is 0.467 e. The van der Waals surface area contributed by atoms with Crippen LogP contribution < -0.4 is 4.74 Å². The van der Waals surface area contributed by atoms with Crippen LogP contribution in [-0.2, 0) is 0 Å². The number of aryl methyl sites for hydroxylation is 1. The van der Waals surface area contributed by atoms with Gasteiger partial charge < -0.3 is 4.74 Å². The van der Waals surface area contributed by atoms with E-state index in [-0.39, 0.29) is 6.01 Å². The number of nitrogens with zero attached hydrogens (tertiary/aromatic N) is 5. The van der Waals surface area contributed by atoms with Crippen LogP contribution in [0.5, 0.6) is 6.01 Å². The van der Waals surface area contributed by atoms with E-state index < -0.39 is 0 Å². The quantitative estimate of drug-likeness (QED) is 0.767. The predicted molar refractivity (Wildman–Crippen MR) is 67.2 cm³/mol. The molecule has 92 valence electrons. The lowest BCUT2D eigenvalue weighted by Crippen LogP contribution is -1.99. The summed E-state index contributed by atoms with van der Waals surface area (Å²) in [5.74, 6) is 0.903. The summed E-state index contributed by atoms with van der Waals surface area (Å²) < 4.78 is 4.98. The van der Waals surface area contributed by atoms with Gasteiger partial charge in [-0.1, -0.05) is 6.07 Å². The van der Waals surface area contributed by atoms with Gasteiger partial charge in [-0.15, -0.1) is 0 Å². The zero-order valence-corrected chi connectivity index (χ0v) is 10.5. The molecule has 0 radical (unpaired) electrons. The van der Waals surface area contributed by atoms with E-state index in [1.807, 2.05) is 19.1 Å². The molecule has 0 spiro atoms. The Morgan fingerprint density at radius 2 is 2.11 bits per heavy atom. The normalized spacial score (nSPS) is 11.4. The van der Waals surface area contributed by atoms with Crippen LogP contribution in [0.2, 0.25) is 0 Å². The van der Waals surface area contributed by atoms with Crippen molar-refractivity contribution in [2.75, 3.05) is 7.11 Å². The second kappa shape index (κ2) is 5.31. The molecule has 0 aliphatic heterocycles. The van der Waals surface area contributed by atoms with Crippen LogP contribution in [0, 0.1) is 6.92 Å². The third-order valence-electron chi connectivity index (χ3n) is 2.24. The second-order valence-electron chi connectivity index (χ2n) is 3.61. The SMILES string of the molecule is COc1nc(C)nc(/N=C(\C)c2cccnc2)n1. The summed E-state index contributed by atoms with van der Waals surface area (Å²) in [4.78, 5) is 20.6. The van der Waals surface area contributed by atoms with Gasteiger partial charge in [0.05, 0.1) is 12.8 Å². The molecule has 6 nitrogen and oxygen atoms in total. The number of ether oxygens (including phenoxy) is 1. The standard InChI is InChI=1S/C12H13N5O/c1-8(10-5-4-6-13-7-10)14-11-15-9(2)16-12(17-11)18-3/h4-7H,1-3H3/b14-8+. The number of aromatic nitrogens is 4. The minimum atomic E-state index is 0.264. The van der Waals surface area contributed by atoms with E-state index in [4.69, 9.17) is 4.74 Å². The summed E-state index contributed by atoms with van der Waals surface area (Å²) in [5, 5.41) is 0. The Hall–Kier alpha value is -2.37. The molecule has 6 heteroatoms. The van der Waals surface area contributed by atoms with E-state index in [0.29, 0.717) is 11.8 Å². The molecule has 2 aromatic rings. The lowest BCUT2D eigenvalue weighted by atomic mass is 10.2. The fourth-order valence-corrected chi connectivity index (χ4v) is 1.38. The molecule has 2 rings (SSSR count). The Balaban J connectivity index is 2.35. The third kappa shape index (κ3) is 2.85. The van der Waals surface area contributed by atoms with Crippen molar-refractivity contribution >= 4 is 11.7 Å². The number of hydrogen-bond acceptors (Lipinski definition) is 6. The first-order valence-electron chi connectivity index (χ1n) is 5.41. The van der Waals surface area contributed by atoms with Crippen molar-refractivity contribution in [1.29, 1.82) is 0 Å². The zero-order valence-electron chi connectivity index (χ0n) is 10.5. The highest BCUT2D eigenvalue weighted by Gasteiger charge is 2.04. The fraction of sp³-hybridized carbons (Fsp3) is 0.250. The van der Waals surface area contributed by atoms with Crippen molar-refractivity contribution in [2.45, 2.75) is 13.8 Å². The van der Waals surface area contributed by atoms with Crippen molar-refractivity contribution in [3.63, 3.8) is 0 Å². The Kier molecular flexibility index (Phi) is 3.57. The highest BCUT2D eigenvalue weighted by Crippen LogP contribution is 2.11. The summed E-state index contributed by atoms with van der Waals surface area (Å²) in [6.07, 6.45) is 3.46. The molecule has 0 unspecified atom stereocenters. The topological polar surface area (TPSA) is 73.2 Å². The van der Waals surface area contributed by atoms with Gasteiger partial charge >= 0.3 is 6.01 Å². The van der Waals surface area contributed by atoms with Crippen LogP contribution in [0.3, 0.4) is 0 Å². The average molecular weight is 243 g/mol. The maximum absolute atomic E-state index is 4.98. The van der Waals surface area contributed by atoms with Crippen LogP contribution in [0.15, 0.2) is 29.5 Å². The molecule has 0 saturated heterocycles. The van der Waals surface area contributed by atoms with E-state index in [0.717, 1.165) is 11.3 Å². The van der Waals surface area contributed by atoms with Crippen molar-refractivity contribution in [3.05, 3.63) is 35.9 Å². The Morgan fingerprint density at radius 1 is 1.28 bits per heavy atom. The molecule has 0 saturated carbocycles. The first-order chi connectivity index (χ1) is 8.69. The summed E-state index contributed by atoms with van der Waals surface area (Å²) in [6.45, 7) is 3.64. The maximum Gasteiger partial charge on any atom is 0.321 e. The number of hydrogen-bond donors (Lipinski definition) is 0. The first-order valence-corrected chi connectivity index (χ1v) is 5.41. The van der Waals surface area contributed by atoms with Gasteiger partial charge in [0.25, 0.3) is 5.95 Å². The zero-order chi connectivity index (χ0) is 13.0. The number of rotatable bonds is 3. The number of pyridine rings is 1. The molecule has 0 fully saturated rings. The van der Waals surface area contributed by atoms with E-state index >= 15 is 0 Å². The highest BCUT2D eigenvalue weighted by molar-refractivity contribution is 5.99. The molecule has 0 atom stereocenters. The van der Waals surface area contributed by atoms with E-state index in [1.165, 1.54) is 7.11 Å². The van der Waals surface area contributed by atoms with Crippen molar-refractivity contribution < 1.29 is 4.74 Å². The lowest BCUT2D eigenvalue weighted by molar-refractivity contribution is 0.377. The summed E-state index contributed by atoms with van der Waals surface area (Å²) in [7, 11) is 1.51. The van der Waals surface area contributed by atoms with Crippen LogP contribution >= 0.6 is 0 Å². The molecule has 2 aromatic heterocycles. The molecule has 0 aromatic carbocycles. The molecule has 2 heterocycles. The van der Waals surface area contributed by atoms with Crippen molar-refractivity contribution in [3.8, 4) is 6.01 Å². The minimum Gasteiger partial charge on any atom is -0.467 e. The average Bonchev–Trinajstić information content (AvgIpc) is 2.39. The molecular weight excluding hydrogens is 230 g/mol. The minimum absolute atomic E-state index is 0.264. The second-order valence-corrected chi connectivity index (χ2v) is 3.61. The molecule has 0 aliphatic carbocycles. The van der Waals surface area contributed by atoms with Gasteiger partial charge in [0.15, 0.2) is 0 Å². The molecule has 18 heavy (non-hydrogen) atoms. The molecule has 0 bridgehead atoms. The van der Waals surface area contributed by atoms with E-state index in [1.54, 1.807) is 19.3 Å². The van der Waals surface area contributed by atoms with E-state index in [9.17, 15) is 0 Å². The van der Waals surface area contributed by atoms with Gasteiger partial charge in [-0.05, 0) is 19.9 Å². The van der Waals surface area contributed by atoms with Crippen molar-refractivity contribution in [1.82, 2.24) is 19.9 Å². The van der Waals surface area contributed by atoms with Gasteiger partial charge in [0.2, 0.25) is 0 Å². The van der Waals surface area contributed by atoms with Gasteiger partial charge in [0.1, 0.15) is 5.82 Å². The van der Waals surface area contributed by atoms with Gasteiger partial charge in [-0.2, -0.15) is 15.0 Å². The lowest BCUT2D eigenvalue weighted by Gasteiger charge is -2.02. The third-order valence-corrected chi connectivity index (χ3v) is 2.24. The smallest absolute Gasteiger partial charge is 0.321 e. The Labute approximate surface area is 105 Å². The predicted octanol–water partition coefficient (Wildman–Crippen LogP) is 1.72. The maximum atomic E-state index is 4.98.